The first-order valence-corrected chi connectivity index (χ1v) is 6.06. The number of para-hydroxylation sites is 1. The van der Waals surface area contributed by atoms with Crippen molar-refractivity contribution in [1.82, 2.24) is 15.1 Å². The molecule has 0 unspecified atom stereocenters. The second kappa shape index (κ2) is 4.42. The van der Waals surface area contributed by atoms with Crippen LogP contribution in [0.4, 0.5) is 0 Å². The summed E-state index contributed by atoms with van der Waals surface area (Å²) >= 11 is 0. The molecule has 18 heavy (non-hydrogen) atoms. The molecular formula is C13H15N3O2. The van der Waals surface area contributed by atoms with Gasteiger partial charge in [0, 0.05) is 19.0 Å². The van der Waals surface area contributed by atoms with Crippen molar-refractivity contribution in [2.45, 2.75) is 12.5 Å². The Morgan fingerprint density at radius 3 is 3.11 bits per heavy atom. The average Bonchev–Trinajstić information content (AvgIpc) is 2.98. The SMILES string of the molecule is Cn1nc(C(=O)N[C@H]2CCOC2)c2ccccc21. The second-order valence-electron chi connectivity index (χ2n) is 4.52. The minimum Gasteiger partial charge on any atom is -0.379 e. The lowest BCUT2D eigenvalue weighted by atomic mass is 10.2. The van der Waals surface area contributed by atoms with Gasteiger partial charge in [-0.05, 0) is 12.5 Å². The molecule has 1 N–H and O–H groups in total. The van der Waals surface area contributed by atoms with E-state index in [-0.39, 0.29) is 11.9 Å². The number of amides is 1. The maximum atomic E-state index is 12.2. The molecule has 0 spiro atoms. The number of carbonyl (C=O) groups is 1. The first-order chi connectivity index (χ1) is 8.75. The molecule has 1 saturated heterocycles. The van der Waals surface area contributed by atoms with Crippen LogP contribution >= 0.6 is 0 Å². The fourth-order valence-corrected chi connectivity index (χ4v) is 2.28. The summed E-state index contributed by atoms with van der Waals surface area (Å²) < 4.78 is 6.98. The van der Waals surface area contributed by atoms with Gasteiger partial charge in [-0.1, -0.05) is 18.2 Å². The molecule has 0 bridgehead atoms. The first-order valence-electron chi connectivity index (χ1n) is 6.06. The summed E-state index contributed by atoms with van der Waals surface area (Å²) in [6, 6.07) is 7.84. The highest BCUT2D eigenvalue weighted by atomic mass is 16.5. The van der Waals surface area contributed by atoms with Gasteiger partial charge in [-0.15, -0.1) is 0 Å². The molecule has 1 aliphatic rings. The molecular weight excluding hydrogens is 230 g/mol. The summed E-state index contributed by atoms with van der Waals surface area (Å²) in [4.78, 5) is 12.2. The summed E-state index contributed by atoms with van der Waals surface area (Å²) in [7, 11) is 1.85. The van der Waals surface area contributed by atoms with E-state index in [1.807, 2.05) is 31.3 Å². The number of aryl methyl sites for hydroxylation is 1. The van der Waals surface area contributed by atoms with E-state index in [0.29, 0.717) is 18.9 Å². The number of hydrogen-bond acceptors (Lipinski definition) is 3. The van der Waals surface area contributed by atoms with Gasteiger partial charge in [0.2, 0.25) is 0 Å². The van der Waals surface area contributed by atoms with Crippen LogP contribution in [-0.2, 0) is 11.8 Å². The van der Waals surface area contributed by atoms with Crippen LogP contribution in [0.15, 0.2) is 24.3 Å². The smallest absolute Gasteiger partial charge is 0.272 e. The van der Waals surface area contributed by atoms with Gasteiger partial charge in [0.25, 0.3) is 5.91 Å². The Morgan fingerprint density at radius 2 is 2.33 bits per heavy atom. The van der Waals surface area contributed by atoms with Crippen LogP contribution in [0, 0.1) is 0 Å². The molecule has 3 rings (SSSR count). The molecule has 0 saturated carbocycles. The molecule has 1 aromatic carbocycles. The minimum atomic E-state index is -0.123. The summed E-state index contributed by atoms with van der Waals surface area (Å²) in [6.45, 7) is 1.31. The number of nitrogens with one attached hydrogen (secondary N) is 1. The fourth-order valence-electron chi connectivity index (χ4n) is 2.28. The van der Waals surface area contributed by atoms with Crippen molar-refractivity contribution in [3.8, 4) is 0 Å². The molecule has 1 amide bonds. The predicted octanol–water partition coefficient (Wildman–Crippen LogP) is 1.09. The Morgan fingerprint density at radius 1 is 1.50 bits per heavy atom. The van der Waals surface area contributed by atoms with Crippen LogP contribution in [0.3, 0.4) is 0 Å². The minimum absolute atomic E-state index is 0.110. The molecule has 1 fully saturated rings. The van der Waals surface area contributed by atoms with Crippen molar-refractivity contribution in [2.24, 2.45) is 7.05 Å². The number of nitrogens with zero attached hydrogens (tertiary/aromatic N) is 2. The number of aromatic nitrogens is 2. The van der Waals surface area contributed by atoms with E-state index in [1.54, 1.807) is 4.68 Å². The van der Waals surface area contributed by atoms with Crippen LogP contribution in [-0.4, -0.2) is 34.9 Å². The third kappa shape index (κ3) is 1.86. The average molecular weight is 245 g/mol. The molecule has 5 heteroatoms. The molecule has 94 valence electrons. The lowest BCUT2D eigenvalue weighted by molar-refractivity contribution is 0.0925. The van der Waals surface area contributed by atoms with Crippen LogP contribution < -0.4 is 5.32 Å². The molecule has 5 nitrogen and oxygen atoms in total. The van der Waals surface area contributed by atoms with Crippen molar-refractivity contribution >= 4 is 16.8 Å². The maximum absolute atomic E-state index is 12.2. The van der Waals surface area contributed by atoms with Crippen molar-refractivity contribution in [2.75, 3.05) is 13.2 Å². The van der Waals surface area contributed by atoms with Crippen LogP contribution in [0.2, 0.25) is 0 Å². The number of ether oxygens (including phenoxy) is 1. The zero-order valence-corrected chi connectivity index (χ0v) is 10.2. The van der Waals surface area contributed by atoms with Gasteiger partial charge in [0.05, 0.1) is 18.2 Å². The summed E-state index contributed by atoms with van der Waals surface area (Å²) in [6.07, 6.45) is 0.872. The summed E-state index contributed by atoms with van der Waals surface area (Å²) in [5.74, 6) is -0.123. The number of hydrogen-bond donors (Lipinski definition) is 1. The highest BCUT2D eigenvalue weighted by Gasteiger charge is 2.21. The largest absolute Gasteiger partial charge is 0.379 e. The topological polar surface area (TPSA) is 56.2 Å². The van der Waals surface area contributed by atoms with E-state index in [0.717, 1.165) is 17.3 Å². The van der Waals surface area contributed by atoms with E-state index in [9.17, 15) is 4.79 Å². The number of benzene rings is 1. The van der Waals surface area contributed by atoms with Gasteiger partial charge in [-0.25, -0.2) is 0 Å². The molecule has 1 atom stereocenters. The summed E-state index contributed by atoms with van der Waals surface area (Å²) in [5.41, 5.74) is 1.45. The number of fused-ring (bicyclic) bond motifs is 1. The molecule has 1 aromatic heterocycles. The zero-order valence-electron chi connectivity index (χ0n) is 10.2. The fraction of sp³-hybridized carbons (Fsp3) is 0.385. The van der Waals surface area contributed by atoms with Gasteiger partial charge >= 0.3 is 0 Å². The van der Waals surface area contributed by atoms with Gasteiger partial charge < -0.3 is 10.1 Å². The van der Waals surface area contributed by atoms with Crippen molar-refractivity contribution in [3.05, 3.63) is 30.0 Å². The third-order valence-electron chi connectivity index (χ3n) is 3.24. The van der Waals surface area contributed by atoms with Gasteiger partial charge in [-0.2, -0.15) is 5.10 Å². The Labute approximate surface area is 105 Å². The quantitative estimate of drug-likeness (QED) is 0.861. The molecule has 2 heterocycles. The van der Waals surface area contributed by atoms with Gasteiger partial charge in [-0.3, -0.25) is 9.48 Å². The van der Waals surface area contributed by atoms with Crippen LogP contribution in [0.5, 0.6) is 0 Å². The van der Waals surface area contributed by atoms with E-state index < -0.39 is 0 Å². The monoisotopic (exact) mass is 245 g/mol. The highest BCUT2D eigenvalue weighted by Crippen LogP contribution is 2.17. The second-order valence-corrected chi connectivity index (χ2v) is 4.52. The maximum Gasteiger partial charge on any atom is 0.272 e. The van der Waals surface area contributed by atoms with Crippen LogP contribution in [0.1, 0.15) is 16.9 Å². The number of rotatable bonds is 2. The number of carbonyl (C=O) groups excluding carboxylic acids is 1. The predicted molar refractivity (Wildman–Crippen MR) is 67.4 cm³/mol. The summed E-state index contributed by atoms with van der Waals surface area (Å²) in [5, 5.41) is 8.14. The Hall–Kier alpha value is -1.88. The molecule has 0 aliphatic carbocycles. The van der Waals surface area contributed by atoms with Crippen molar-refractivity contribution < 1.29 is 9.53 Å². The Balaban J connectivity index is 1.91. The standard InChI is InChI=1S/C13H15N3O2/c1-16-11-5-3-2-4-10(11)12(15-16)13(17)14-9-6-7-18-8-9/h2-5,9H,6-8H2,1H3,(H,14,17)/t9-/m0/s1. The van der Waals surface area contributed by atoms with Crippen molar-refractivity contribution in [1.29, 1.82) is 0 Å². The lowest BCUT2D eigenvalue weighted by Gasteiger charge is -2.08. The highest BCUT2D eigenvalue weighted by molar-refractivity contribution is 6.04. The van der Waals surface area contributed by atoms with Crippen LogP contribution in [0.25, 0.3) is 10.9 Å². The van der Waals surface area contributed by atoms with Crippen molar-refractivity contribution in [3.63, 3.8) is 0 Å². The molecule has 1 aliphatic heterocycles. The normalized spacial score (nSPS) is 19.3. The first kappa shape index (κ1) is 11.2. The van der Waals surface area contributed by atoms with Gasteiger partial charge in [0.1, 0.15) is 0 Å². The zero-order chi connectivity index (χ0) is 12.5. The molecule has 2 aromatic rings. The van der Waals surface area contributed by atoms with E-state index in [2.05, 4.69) is 10.4 Å². The van der Waals surface area contributed by atoms with E-state index in [4.69, 9.17) is 4.74 Å². The third-order valence-corrected chi connectivity index (χ3v) is 3.24. The van der Waals surface area contributed by atoms with Gasteiger partial charge in [0.15, 0.2) is 5.69 Å². The lowest BCUT2D eigenvalue weighted by Crippen LogP contribution is -2.35. The van der Waals surface area contributed by atoms with E-state index >= 15 is 0 Å². The Kier molecular flexibility index (Phi) is 2.76. The Bertz CT molecular complexity index is 585. The molecule has 0 radical (unpaired) electrons. The van der Waals surface area contributed by atoms with E-state index in [1.165, 1.54) is 0 Å².